The quantitative estimate of drug-likeness (QED) is 0.292. The number of hydrogen-bond donors (Lipinski definition) is 1. The first-order valence-corrected chi connectivity index (χ1v) is 9.71. The zero-order chi connectivity index (χ0) is 20.6. The van der Waals surface area contributed by atoms with E-state index in [1.54, 1.807) is 0 Å². The van der Waals surface area contributed by atoms with Crippen LogP contribution in [0.2, 0.25) is 0 Å². The smallest absolute Gasteiger partial charge is 0.110 e. The van der Waals surface area contributed by atoms with Gasteiger partial charge in [0.05, 0.1) is 22.8 Å². The van der Waals surface area contributed by atoms with Gasteiger partial charge < -0.3 is 4.98 Å². The highest BCUT2D eigenvalue weighted by atomic mass is 15.5. The van der Waals surface area contributed by atoms with E-state index < -0.39 is 0 Å². The summed E-state index contributed by atoms with van der Waals surface area (Å²) >= 11 is 0. The summed E-state index contributed by atoms with van der Waals surface area (Å²) < 4.78 is 0. The lowest BCUT2D eigenvalue weighted by Crippen LogP contribution is -2.13. The minimum Gasteiger partial charge on any atom is -0.360 e. The Hall–Kier alpha value is -4.18. The van der Waals surface area contributed by atoms with Crippen molar-refractivity contribution in [2.45, 2.75) is 0 Å². The number of aliphatic imine (C=N–C) groups is 1. The predicted octanol–water partition coefficient (Wildman–Crippen LogP) is 6.30. The van der Waals surface area contributed by atoms with Crippen LogP contribution >= 0.6 is 0 Å². The molecule has 0 saturated heterocycles. The number of hydrogen-bond acceptors (Lipinski definition) is 3. The summed E-state index contributed by atoms with van der Waals surface area (Å²) in [5, 5.41) is 6.96. The number of allylic oxidation sites excluding steroid dienone is 1. The average molecular weight is 390 g/mol. The van der Waals surface area contributed by atoms with Crippen LogP contribution in [0.5, 0.6) is 0 Å². The summed E-state index contributed by atoms with van der Waals surface area (Å²) in [6, 6.07) is 34.1. The lowest BCUT2D eigenvalue weighted by Gasteiger charge is -2.20. The van der Waals surface area contributed by atoms with Crippen LogP contribution in [0.1, 0.15) is 11.3 Å². The number of rotatable bonds is 7. The van der Waals surface area contributed by atoms with Crippen LogP contribution in [-0.4, -0.2) is 17.4 Å². The van der Waals surface area contributed by atoms with Crippen LogP contribution in [0, 0.1) is 0 Å². The van der Waals surface area contributed by atoms with Crippen molar-refractivity contribution in [2.24, 2.45) is 10.1 Å². The lowest BCUT2D eigenvalue weighted by molar-refractivity contribution is 1.08. The SMILES string of the molecule is C=N/C(=C\C(=N/N(c1ccccc1)c1ccccc1)c1ccc[nH]1)c1ccccc1. The molecule has 4 nitrogen and oxygen atoms in total. The second-order valence-corrected chi connectivity index (χ2v) is 6.61. The second-order valence-electron chi connectivity index (χ2n) is 6.61. The Morgan fingerprint density at radius 3 is 1.80 bits per heavy atom. The molecule has 1 aromatic heterocycles. The van der Waals surface area contributed by atoms with Gasteiger partial charge in [-0.3, -0.25) is 4.99 Å². The number of nitrogens with zero attached hydrogens (tertiary/aromatic N) is 3. The topological polar surface area (TPSA) is 43.8 Å². The molecule has 4 heteroatoms. The van der Waals surface area contributed by atoms with E-state index in [0.717, 1.165) is 34.0 Å². The molecule has 0 aliphatic heterocycles. The molecule has 0 amide bonds. The molecule has 1 heterocycles. The molecule has 30 heavy (non-hydrogen) atoms. The van der Waals surface area contributed by atoms with Crippen molar-refractivity contribution >= 4 is 29.5 Å². The average Bonchev–Trinajstić information content (AvgIpc) is 3.36. The van der Waals surface area contributed by atoms with Crippen molar-refractivity contribution in [3.8, 4) is 0 Å². The molecule has 4 aromatic rings. The molecule has 0 bridgehead atoms. The highest BCUT2D eigenvalue weighted by Crippen LogP contribution is 2.26. The first kappa shape index (κ1) is 19.2. The number of nitrogens with one attached hydrogen (secondary N) is 1. The van der Waals surface area contributed by atoms with Gasteiger partial charge in [0.1, 0.15) is 5.71 Å². The van der Waals surface area contributed by atoms with Crippen LogP contribution in [0.3, 0.4) is 0 Å². The standard InChI is InChI=1S/C26H22N4/c1-27-25(21-12-5-2-6-13-21)20-26(24-18-11-19-28-24)29-30(22-14-7-3-8-15-22)23-16-9-4-10-17-23/h2-20,28H,1H2/b25-20-,29-26+. The molecule has 0 unspecified atom stereocenters. The van der Waals surface area contributed by atoms with Gasteiger partial charge in [0, 0.05) is 11.8 Å². The van der Waals surface area contributed by atoms with E-state index in [-0.39, 0.29) is 0 Å². The Balaban J connectivity index is 1.87. The van der Waals surface area contributed by atoms with Crippen molar-refractivity contribution in [1.82, 2.24) is 4.98 Å². The minimum absolute atomic E-state index is 0.749. The molecule has 3 aromatic carbocycles. The molecule has 1 N–H and O–H groups in total. The second kappa shape index (κ2) is 9.34. The monoisotopic (exact) mass is 390 g/mol. The maximum Gasteiger partial charge on any atom is 0.110 e. The summed E-state index contributed by atoms with van der Waals surface area (Å²) in [5.41, 5.74) is 5.31. The molecule has 0 aliphatic carbocycles. The third kappa shape index (κ3) is 4.45. The van der Waals surface area contributed by atoms with Gasteiger partial charge in [-0.15, -0.1) is 0 Å². The number of hydrazone groups is 1. The Morgan fingerprint density at radius 1 is 0.733 bits per heavy atom. The van der Waals surface area contributed by atoms with Crippen molar-refractivity contribution in [1.29, 1.82) is 0 Å². The molecule has 0 spiro atoms. The first-order chi connectivity index (χ1) is 14.8. The summed E-state index contributed by atoms with van der Waals surface area (Å²) in [6.45, 7) is 3.77. The summed E-state index contributed by atoms with van der Waals surface area (Å²) in [4.78, 5) is 7.52. The predicted molar refractivity (Wildman–Crippen MR) is 126 cm³/mol. The molecular weight excluding hydrogens is 368 g/mol. The zero-order valence-corrected chi connectivity index (χ0v) is 16.5. The minimum atomic E-state index is 0.749. The zero-order valence-electron chi connectivity index (χ0n) is 16.5. The van der Waals surface area contributed by atoms with Crippen molar-refractivity contribution in [2.75, 3.05) is 5.01 Å². The van der Waals surface area contributed by atoms with Crippen molar-refractivity contribution < 1.29 is 0 Å². The Morgan fingerprint density at radius 2 is 1.30 bits per heavy atom. The maximum absolute atomic E-state index is 5.03. The molecule has 0 fully saturated rings. The van der Waals surface area contributed by atoms with Crippen molar-refractivity contribution in [3.63, 3.8) is 0 Å². The fourth-order valence-electron chi connectivity index (χ4n) is 3.12. The van der Waals surface area contributed by atoms with Gasteiger partial charge in [0.15, 0.2) is 0 Å². The number of aromatic amines is 1. The van der Waals surface area contributed by atoms with Crippen LogP contribution in [0.4, 0.5) is 11.4 Å². The first-order valence-electron chi connectivity index (χ1n) is 9.71. The molecule has 146 valence electrons. The normalized spacial score (nSPS) is 11.9. The lowest BCUT2D eigenvalue weighted by atomic mass is 10.1. The van der Waals surface area contributed by atoms with E-state index in [4.69, 9.17) is 5.10 Å². The summed E-state index contributed by atoms with van der Waals surface area (Å²) in [7, 11) is 0. The van der Waals surface area contributed by atoms with E-state index >= 15 is 0 Å². The number of benzene rings is 3. The molecule has 0 radical (unpaired) electrons. The van der Waals surface area contributed by atoms with E-state index in [2.05, 4.69) is 16.7 Å². The van der Waals surface area contributed by atoms with E-state index in [0.29, 0.717) is 0 Å². The number of aromatic nitrogens is 1. The molecule has 4 rings (SSSR count). The molecular formula is C26H22N4. The largest absolute Gasteiger partial charge is 0.360 e. The highest BCUT2D eigenvalue weighted by molar-refractivity contribution is 6.11. The third-order valence-corrected chi connectivity index (χ3v) is 4.60. The van der Waals surface area contributed by atoms with Gasteiger partial charge in [-0.25, -0.2) is 5.01 Å². The molecule has 0 aliphatic rings. The van der Waals surface area contributed by atoms with Gasteiger partial charge in [-0.05, 0) is 49.2 Å². The fourth-order valence-corrected chi connectivity index (χ4v) is 3.12. The van der Waals surface area contributed by atoms with Gasteiger partial charge in [0.2, 0.25) is 0 Å². The third-order valence-electron chi connectivity index (χ3n) is 4.60. The highest BCUT2D eigenvalue weighted by Gasteiger charge is 2.12. The van der Waals surface area contributed by atoms with Crippen LogP contribution in [0.15, 0.2) is 125 Å². The van der Waals surface area contributed by atoms with Gasteiger partial charge in [-0.2, -0.15) is 5.10 Å². The molecule has 0 atom stereocenters. The number of anilines is 2. The Bertz CT molecular complexity index is 1090. The van der Waals surface area contributed by atoms with E-state index in [1.165, 1.54) is 0 Å². The van der Waals surface area contributed by atoms with Gasteiger partial charge in [-0.1, -0.05) is 66.7 Å². The fraction of sp³-hybridized carbons (Fsp3) is 0. The number of H-pyrrole nitrogens is 1. The van der Waals surface area contributed by atoms with Crippen LogP contribution in [0.25, 0.3) is 5.70 Å². The van der Waals surface area contributed by atoms with Crippen LogP contribution < -0.4 is 5.01 Å². The van der Waals surface area contributed by atoms with Gasteiger partial charge in [0.25, 0.3) is 0 Å². The van der Waals surface area contributed by atoms with Crippen LogP contribution in [-0.2, 0) is 0 Å². The van der Waals surface area contributed by atoms with E-state index in [1.807, 2.05) is 120 Å². The Labute approximate surface area is 176 Å². The van der Waals surface area contributed by atoms with Gasteiger partial charge >= 0.3 is 0 Å². The number of para-hydroxylation sites is 2. The maximum atomic E-state index is 5.03. The summed E-state index contributed by atoms with van der Waals surface area (Å²) in [5.74, 6) is 0. The Kier molecular flexibility index (Phi) is 5.97. The molecule has 0 saturated carbocycles. The van der Waals surface area contributed by atoms with E-state index in [9.17, 15) is 0 Å². The van der Waals surface area contributed by atoms with Crippen molar-refractivity contribution in [3.05, 3.63) is 127 Å². The summed E-state index contributed by atoms with van der Waals surface area (Å²) in [6.07, 6.45) is 3.84.